The Morgan fingerprint density at radius 2 is 1.26 bits per heavy atom. The molecule has 0 heterocycles. The largest absolute Gasteiger partial charge is 0.481 e. The molecule has 27 heavy (non-hydrogen) atoms. The number of nitrogens with two attached hydrogens (primary N) is 1. The quantitative estimate of drug-likeness (QED) is 0.140. The topological polar surface area (TPSA) is 208 Å². The van der Waals surface area contributed by atoms with Gasteiger partial charge in [0, 0.05) is 11.5 Å². The van der Waals surface area contributed by atoms with Crippen LogP contribution in [0, 0.1) is 0 Å². The number of amides is 3. The number of aliphatic hydroxyl groups excluding tert-OH is 1. The lowest BCUT2D eigenvalue weighted by molar-refractivity contribution is -0.142. The summed E-state index contributed by atoms with van der Waals surface area (Å²) >= 11 is 7.68. The third kappa shape index (κ3) is 8.94. The summed E-state index contributed by atoms with van der Waals surface area (Å²) in [6.07, 6.45) is -0.814. The molecule has 0 rings (SSSR count). The molecule has 0 saturated carbocycles. The first-order valence-electron chi connectivity index (χ1n) is 7.51. The smallest absolute Gasteiger partial charge is 0.327 e. The van der Waals surface area contributed by atoms with Crippen LogP contribution in [0.2, 0.25) is 0 Å². The molecule has 0 saturated heterocycles. The highest BCUT2D eigenvalue weighted by atomic mass is 32.1. The minimum absolute atomic E-state index is 0.203. The van der Waals surface area contributed by atoms with Crippen LogP contribution in [0.25, 0.3) is 0 Å². The van der Waals surface area contributed by atoms with Gasteiger partial charge in [0.15, 0.2) is 0 Å². The van der Waals surface area contributed by atoms with Crippen LogP contribution in [0.1, 0.15) is 6.42 Å². The fourth-order valence-corrected chi connectivity index (χ4v) is 2.17. The summed E-state index contributed by atoms with van der Waals surface area (Å²) in [4.78, 5) is 57.8. The molecule has 0 aromatic rings. The Morgan fingerprint density at radius 3 is 1.67 bits per heavy atom. The van der Waals surface area contributed by atoms with E-state index in [4.69, 9.17) is 21.1 Å². The Hall–Kier alpha value is -2.03. The number of rotatable bonds is 12. The van der Waals surface area contributed by atoms with E-state index in [1.54, 1.807) is 0 Å². The Kier molecular flexibility index (Phi) is 11.4. The molecule has 154 valence electrons. The van der Waals surface area contributed by atoms with Gasteiger partial charge in [-0.15, -0.1) is 0 Å². The maximum atomic E-state index is 12.3. The van der Waals surface area contributed by atoms with E-state index >= 15 is 0 Å². The van der Waals surface area contributed by atoms with Gasteiger partial charge in [-0.25, -0.2) is 4.79 Å². The van der Waals surface area contributed by atoms with Crippen molar-refractivity contribution in [2.24, 2.45) is 5.73 Å². The minimum atomic E-state index is -1.58. The summed E-state index contributed by atoms with van der Waals surface area (Å²) in [6.45, 7) is -0.727. The maximum Gasteiger partial charge on any atom is 0.327 e. The highest BCUT2D eigenvalue weighted by Crippen LogP contribution is 1.99. The highest BCUT2D eigenvalue weighted by molar-refractivity contribution is 7.80. The molecule has 0 bridgehead atoms. The van der Waals surface area contributed by atoms with Crippen molar-refractivity contribution < 1.29 is 39.3 Å². The van der Waals surface area contributed by atoms with E-state index in [0.717, 1.165) is 0 Å². The van der Waals surface area contributed by atoms with E-state index in [2.05, 4.69) is 41.2 Å². The first-order valence-corrected chi connectivity index (χ1v) is 8.77. The van der Waals surface area contributed by atoms with Gasteiger partial charge < -0.3 is 37.0 Å². The number of aliphatic carboxylic acids is 2. The zero-order chi connectivity index (χ0) is 21.1. The SMILES string of the molecule is NC(CO)C(=O)NC(CC(=O)O)C(=O)NC(CS)C(=O)NC(CS)C(=O)O. The van der Waals surface area contributed by atoms with Gasteiger partial charge in [-0.2, -0.15) is 25.3 Å². The molecule has 0 aromatic heterocycles. The monoisotopic (exact) mass is 426 g/mol. The van der Waals surface area contributed by atoms with Crippen molar-refractivity contribution in [1.29, 1.82) is 0 Å². The van der Waals surface area contributed by atoms with Gasteiger partial charge in [0.05, 0.1) is 13.0 Å². The van der Waals surface area contributed by atoms with E-state index in [0.29, 0.717) is 0 Å². The normalized spacial score (nSPS) is 15.0. The van der Waals surface area contributed by atoms with Crippen LogP contribution in [-0.2, 0) is 24.0 Å². The van der Waals surface area contributed by atoms with Gasteiger partial charge >= 0.3 is 11.9 Å². The molecule has 0 aromatic carbocycles. The van der Waals surface area contributed by atoms with Gasteiger partial charge in [0.25, 0.3) is 0 Å². The number of carboxylic acids is 2. The van der Waals surface area contributed by atoms with Gasteiger partial charge in [0.1, 0.15) is 24.2 Å². The van der Waals surface area contributed by atoms with E-state index in [1.165, 1.54) is 0 Å². The van der Waals surface area contributed by atoms with E-state index < -0.39 is 66.9 Å². The van der Waals surface area contributed by atoms with Crippen LogP contribution in [0.4, 0.5) is 0 Å². The summed E-state index contributed by atoms with van der Waals surface area (Å²) in [5.74, 6) is -6.06. The Bertz CT molecular complexity index is 577. The number of carbonyl (C=O) groups is 5. The van der Waals surface area contributed by atoms with Crippen LogP contribution < -0.4 is 21.7 Å². The van der Waals surface area contributed by atoms with Gasteiger partial charge in [-0.3, -0.25) is 19.2 Å². The molecule has 0 aliphatic carbocycles. The Labute approximate surface area is 165 Å². The molecule has 4 unspecified atom stereocenters. The fourth-order valence-electron chi connectivity index (χ4n) is 1.67. The standard InChI is InChI=1S/C13H22N4O8S2/c14-5(2-18)10(21)15-6(1-9(19)20)11(22)16-7(3-26)12(23)17-8(4-27)13(24)25/h5-8,18,26-27H,1-4,14H2,(H,15,21)(H,16,22)(H,17,23)(H,19,20)(H,24,25). The zero-order valence-electron chi connectivity index (χ0n) is 14.0. The molecule has 0 aliphatic heterocycles. The molecule has 0 fully saturated rings. The van der Waals surface area contributed by atoms with Crippen LogP contribution in [-0.4, -0.2) is 87.3 Å². The molecule has 3 amide bonds. The van der Waals surface area contributed by atoms with Gasteiger partial charge in [0.2, 0.25) is 17.7 Å². The molecule has 14 heteroatoms. The first-order chi connectivity index (χ1) is 12.6. The van der Waals surface area contributed by atoms with E-state index in [9.17, 15) is 24.0 Å². The second-order valence-electron chi connectivity index (χ2n) is 5.27. The van der Waals surface area contributed by atoms with Gasteiger partial charge in [-0.1, -0.05) is 0 Å². The summed E-state index contributed by atoms with van der Waals surface area (Å²) < 4.78 is 0. The average Bonchev–Trinajstić information content (AvgIpc) is 2.61. The first kappa shape index (κ1) is 25.0. The number of hydrogen-bond acceptors (Lipinski definition) is 9. The lowest BCUT2D eigenvalue weighted by Gasteiger charge is -2.23. The minimum Gasteiger partial charge on any atom is -0.481 e. The van der Waals surface area contributed by atoms with Crippen molar-refractivity contribution >= 4 is 54.9 Å². The van der Waals surface area contributed by atoms with Crippen molar-refractivity contribution in [2.75, 3.05) is 18.1 Å². The molecule has 0 aliphatic rings. The zero-order valence-corrected chi connectivity index (χ0v) is 15.8. The van der Waals surface area contributed by atoms with E-state index in [1.807, 2.05) is 0 Å². The van der Waals surface area contributed by atoms with Crippen molar-refractivity contribution in [1.82, 2.24) is 16.0 Å². The van der Waals surface area contributed by atoms with Crippen LogP contribution in [0.5, 0.6) is 0 Å². The molecule has 4 atom stereocenters. The average molecular weight is 426 g/mol. The predicted molar refractivity (Wildman–Crippen MR) is 98.4 cm³/mol. The van der Waals surface area contributed by atoms with Crippen molar-refractivity contribution in [2.45, 2.75) is 30.6 Å². The number of hydrogen-bond donors (Lipinski definition) is 9. The summed E-state index contributed by atoms with van der Waals surface area (Å²) in [5, 5.41) is 33.0. The number of aliphatic hydroxyl groups is 1. The van der Waals surface area contributed by atoms with Crippen LogP contribution >= 0.6 is 25.3 Å². The molecular weight excluding hydrogens is 404 g/mol. The number of nitrogens with one attached hydrogen (secondary N) is 3. The lowest BCUT2D eigenvalue weighted by Crippen LogP contribution is -2.58. The number of thiol groups is 2. The summed E-state index contributed by atoms with van der Waals surface area (Å²) in [6, 6.07) is -5.56. The third-order valence-corrected chi connectivity index (χ3v) is 3.89. The second-order valence-corrected chi connectivity index (χ2v) is 6.00. The lowest BCUT2D eigenvalue weighted by atomic mass is 10.1. The summed E-state index contributed by atoms with van der Waals surface area (Å²) in [5.41, 5.74) is 5.29. The van der Waals surface area contributed by atoms with Crippen molar-refractivity contribution in [3.63, 3.8) is 0 Å². The number of carboxylic acid groups (broad SMARTS) is 2. The van der Waals surface area contributed by atoms with E-state index in [-0.39, 0.29) is 11.5 Å². The highest BCUT2D eigenvalue weighted by Gasteiger charge is 2.30. The Morgan fingerprint density at radius 1 is 0.815 bits per heavy atom. The summed E-state index contributed by atoms with van der Waals surface area (Å²) in [7, 11) is 0. The third-order valence-electron chi connectivity index (χ3n) is 3.16. The fraction of sp³-hybridized carbons (Fsp3) is 0.615. The molecule has 0 spiro atoms. The van der Waals surface area contributed by atoms with Crippen LogP contribution in [0.3, 0.4) is 0 Å². The van der Waals surface area contributed by atoms with Gasteiger partial charge in [-0.05, 0) is 0 Å². The predicted octanol–water partition coefficient (Wildman–Crippen LogP) is -3.82. The van der Waals surface area contributed by atoms with Crippen LogP contribution in [0.15, 0.2) is 0 Å². The van der Waals surface area contributed by atoms with Crippen molar-refractivity contribution in [3.05, 3.63) is 0 Å². The molecule has 0 radical (unpaired) electrons. The molecular formula is C13H22N4O8S2. The molecule has 12 nitrogen and oxygen atoms in total. The van der Waals surface area contributed by atoms with Crippen molar-refractivity contribution in [3.8, 4) is 0 Å². The Balaban J connectivity index is 5.13. The molecule has 8 N–H and O–H groups in total. The second kappa shape index (κ2) is 12.4. The maximum absolute atomic E-state index is 12.3. The number of carbonyl (C=O) groups excluding carboxylic acids is 3.